The molecule has 94 valence electrons. The first kappa shape index (κ1) is 13.3. The van der Waals surface area contributed by atoms with E-state index in [0.29, 0.717) is 30.2 Å². The second kappa shape index (κ2) is 6.75. The summed E-state index contributed by atoms with van der Waals surface area (Å²) in [5, 5.41) is 2.73. The van der Waals surface area contributed by atoms with Crippen molar-refractivity contribution >= 4 is 5.91 Å². The predicted molar refractivity (Wildman–Crippen MR) is 63.8 cm³/mol. The molecule has 0 radical (unpaired) electrons. The van der Waals surface area contributed by atoms with Crippen LogP contribution in [0.5, 0.6) is 11.5 Å². The molecule has 0 unspecified atom stereocenters. The summed E-state index contributed by atoms with van der Waals surface area (Å²) in [5.41, 5.74) is 0.397. The van der Waals surface area contributed by atoms with E-state index in [4.69, 9.17) is 14.2 Å². The molecule has 1 N–H and O–H groups in total. The lowest BCUT2D eigenvalue weighted by atomic mass is 10.1. The van der Waals surface area contributed by atoms with Crippen LogP contribution in [0.15, 0.2) is 18.2 Å². The van der Waals surface area contributed by atoms with Gasteiger partial charge in [-0.15, -0.1) is 0 Å². The van der Waals surface area contributed by atoms with Gasteiger partial charge in [0.1, 0.15) is 17.1 Å². The highest BCUT2D eigenvalue weighted by molar-refractivity contribution is 5.99. The largest absolute Gasteiger partial charge is 0.496 e. The number of benzene rings is 1. The molecule has 1 rings (SSSR count). The van der Waals surface area contributed by atoms with Crippen molar-refractivity contribution < 1.29 is 19.0 Å². The Morgan fingerprint density at radius 1 is 1.18 bits per heavy atom. The van der Waals surface area contributed by atoms with Crippen molar-refractivity contribution in [3.8, 4) is 11.5 Å². The summed E-state index contributed by atoms with van der Waals surface area (Å²) in [6.07, 6.45) is 0. The molecule has 0 aromatic heterocycles. The Bertz CT molecular complexity index is 357. The average molecular weight is 239 g/mol. The molecule has 5 heteroatoms. The Kier molecular flexibility index (Phi) is 5.29. The van der Waals surface area contributed by atoms with Crippen LogP contribution in [0.4, 0.5) is 0 Å². The number of hydrogen-bond acceptors (Lipinski definition) is 4. The van der Waals surface area contributed by atoms with Gasteiger partial charge in [0.05, 0.1) is 20.8 Å². The number of carbonyl (C=O) groups is 1. The van der Waals surface area contributed by atoms with Crippen molar-refractivity contribution in [2.45, 2.75) is 0 Å². The quantitative estimate of drug-likeness (QED) is 0.755. The summed E-state index contributed by atoms with van der Waals surface area (Å²) in [5.74, 6) is 0.731. The predicted octanol–water partition coefficient (Wildman–Crippen LogP) is 1.08. The molecule has 5 nitrogen and oxygen atoms in total. The van der Waals surface area contributed by atoms with Crippen LogP contribution in [0, 0.1) is 0 Å². The number of ether oxygens (including phenoxy) is 3. The fraction of sp³-hybridized carbons (Fsp3) is 0.417. The molecule has 0 bridgehead atoms. The van der Waals surface area contributed by atoms with Crippen LogP contribution in [0.1, 0.15) is 10.4 Å². The van der Waals surface area contributed by atoms with Crippen LogP contribution in [0.3, 0.4) is 0 Å². The van der Waals surface area contributed by atoms with Gasteiger partial charge < -0.3 is 19.5 Å². The van der Waals surface area contributed by atoms with Crippen LogP contribution in [0.25, 0.3) is 0 Å². The summed E-state index contributed by atoms with van der Waals surface area (Å²) in [4.78, 5) is 12.0. The molecular formula is C12H17NO4. The Morgan fingerprint density at radius 2 is 1.76 bits per heavy atom. The van der Waals surface area contributed by atoms with Crippen LogP contribution < -0.4 is 14.8 Å². The second-order valence-electron chi connectivity index (χ2n) is 3.29. The molecule has 1 aromatic carbocycles. The lowest BCUT2D eigenvalue weighted by Crippen LogP contribution is -2.27. The summed E-state index contributed by atoms with van der Waals surface area (Å²) in [7, 11) is 4.61. The summed E-state index contributed by atoms with van der Waals surface area (Å²) in [6, 6.07) is 5.20. The Hall–Kier alpha value is -1.75. The minimum Gasteiger partial charge on any atom is -0.496 e. The zero-order chi connectivity index (χ0) is 12.7. The number of hydrogen-bond donors (Lipinski definition) is 1. The fourth-order valence-electron chi connectivity index (χ4n) is 1.43. The van der Waals surface area contributed by atoms with Gasteiger partial charge in [-0.25, -0.2) is 0 Å². The van der Waals surface area contributed by atoms with E-state index in [0.717, 1.165) is 0 Å². The number of rotatable bonds is 6. The molecular weight excluding hydrogens is 222 g/mol. The first-order valence-electron chi connectivity index (χ1n) is 5.22. The van der Waals surface area contributed by atoms with Crippen LogP contribution in [0.2, 0.25) is 0 Å². The molecule has 0 saturated heterocycles. The maximum Gasteiger partial charge on any atom is 0.258 e. The van der Waals surface area contributed by atoms with Crippen LogP contribution in [-0.4, -0.2) is 40.4 Å². The highest BCUT2D eigenvalue weighted by Crippen LogP contribution is 2.27. The van der Waals surface area contributed by atoms with Crippen LogP contribution in [-0.2, 0) is 4.74 Å². The number of carbonyl (C=O) groups excluding carboxylic acids is 1. The van der Waals surface area contributed by atoms with Crippen LogP contribution >= 0.6 is 0 Å². The van der Waals surface area contributed by atoms with E-state index in [9.17, 15) is 4.79 Å². The van der Waals surface area contributed by atoms with Gasteiger partial charge in [0.15, 0.2) is 0 Å². The summed E-state index contributed by atoms with van der Waals surface area (Å²) < 4.78 is 15.2. The van der Waals surface area contributed by atoms with Crippen molar-refractivity contribution in [2.75, 3.05) is 34.5 Å². The van der Waals surface area contributed by atoms with E-state index in [1.807, 2.05) is 0 Å². The maximum atomic E-state index is 12.0. The van der Waals surface area contributed by atoms with E-state index in [1.54, 1.807) is 25.3 Å². The van der Waals surface area contributed by atoms with Crippen molar-refractivity contribution in [2.24, 2.45) is 0 Å². The summed E-state index contributed by atoms with van der Waals surface area (Å²) in [6.45, 7) is 0.903. The normalized spacial score (nSPS) is 9.82. The molecule has 0 heterocycles. The van der Waals surface area contributed by atoms with E-state index < -0.39 is 0 Å². The Labute approximate surface area is 101 Å². The van der Waals surface area contributed by atoms with E-state index in [1.165, 1.54) is 14.2 Å². The third-order valence-electron chi connectivity index (χ3n) is 2.25. The van der Waals surface area contributed by atoms with Gasteiger partial charge >= 0.3 is 0 Å². The van der Waals surface area contributed by atoms with Gasteiger partial charge in [0.25, 0.3) is 5.91 Å². The molecule has 1 amide bonds. The van der Waals surface area contributed by atoms with Gasteiger partial charge in [0.2, 0.25) is 0 Å². The second-order valence-corrected chi connectivity index (χ2v) is 3.29. The third-order valence-corrected chi connectivity index (χ3v) is 2.25. The molecule has 0 atom stereocenters. The lowest BCUT2D eigenvalue weighted by molar-refractivity contribution is 0.0931. The summed E-state index contributed by atoms with van der Waals surface area (Å²) >= 11 is 0. The van der Waals surface area contributed by atoms with E-state index in [-0.39, 0.29) is 5.91 Å². The Morgan fingerprint density at radius 3 is 2.24 bits per heavy atom. The first-order chi connectivity index (χ1) is 8.24. The number of amides is 1. The molecule has 0 spiro atoms. The minimum absolute atomic E-state index is 0.239. The first-order valence-corrected chi connectivity index (χ1v) is 5.22. The van der Waals surface area contributed by atoms with Gasteiger partial charge in [-0.3, -0.25) is 4.79 Å². The van der Waals surface area contributed by atoms with Crippen molar-refractivity contribution in [1.82, 2.24) is 5.32 Å². The smallest absolute Gasteiger partial charge is 0.258 e. The maximum absolute atomic E-state index is 12.0. The van der Waals surface area contributed by atoms with E-state index >= 15 is 0 Å². The van der Waals surface area contributed by atoms with Gasteiger partial charge in [-0.05, 0) is 12.1 Å². The Balaban J connectivity index is 2.89. The number of nitrogens with one attached hydrogen (secondary N) is 1. The highest BCUT2D eigenvalue weighted by Gasteiger charge is 2.17. The molecule has 1 aromatic rings. The molecule has 17 heavy (non-hydrogen) atoms. The third kappa shape index (κ3) is 3.35. The lowest BCUT2D eigenvalue weighted by Gasteiger charge is -2.12. The van der Waals surface area contributed by atoms with Gasteiger partial charge in [-0.2, -0.15) is 0 Å². The topological polar surface area (TPSA) is 56.8 Å². The zero-order valence-electron chi connectivity index (χ0n) is 10.3. The molecule has 0 aliphatic carbocycles. The van der Waals surface area contributed by atoms with Crippen molar-refractivity contribution in [3.05, 3.63) is 23.8 Å². The van der Waals surface area contributed by atoms with E-state index in [2.05, 4.69) is 5.32 Å². The van der Waals surface area contributed by atoms with Crippen molar-refractivity contribution in [3.63, 3.8) is 0 Å². The molecule has 0 saturated carbocycles. The highest BCUT2D eigenvalue weighted by atomic mass is 16.5. The molecule has 0 aliphatic rings. The minimum atomic E-state index is -0.239. The number of methoxy groups -OCH3 is 3. The molecule has 0 fully saturated rings. The van der Waals surface area contributed by atoms with Gasteiger partial charge in [0, 0.05) is 13.7 Å². The average Bonchev–Trinajstić information content (AvgIpc) is 2.37. The molecule has 0 aliphatic heterocycles. The standard InChI is InChI=1S/C12H17NO4/c1-15-8-7-13-12(14)11-9(16-2)5-4-6-10(11)17-3/h4-6H,7-8H2,1-3H3,(H,13,14). The van der Waals surface area contributed by atoms with Gasteiger partial charge in [-0.1, -0.05) is 6.07 Å². The fourth-order valence-corrected chi connectivity index (χ4v) is 1.43. The zero-order valence-corrected chi connectivity index (χ0v) is 10.3. The monoisotopic (exact) mass is 239 g/mol. The van der Waals surface area contributed by atoms with Crippen molar-refractivity contribution in [1.29, 1.82) is 0 Å². The SMILES string of the molecule is COCCNC(=O)c1c(OC)cccc1OC.